The highest BCUT2D eigenvalue weighted by molar-refractivity contribution is 7.96. The molecule has 0 aromatic heterocycles. The van der Waals surface area contributed by atoms with E-state index in [1.54, 1.807) is 0 Å². The molecule has 0 fully saturated rings. The van der Waals surface area contributed by atoms with Crippen LogP contribution in [0.15, 0.2) is 46.4 Å². The predicted molar refractivity (Wildman–Crippen MR) is 88.4 cm³/mol. The van der Waals surface area contributed by atoms with Gasteiger partial charge in [0.15, 0.2) is 0 Å². The Hall–Kier alpha value is -1.52. The van der Waals surface area contributed by atoms with E-state index in [4.69, 9.17) is 0 Å². The van der Waals surface area contributed by atoms with E-state index in [2.05, 4.69) is 6.58 Å². The maximum atomic E-state index is 14.2. The predicted octanol–water partition coefficient (Wildman–Crippen LogP) is 3.55. The monoisotopic (exact) mass is 414 g/mol. The van der Waals surface area contributed by atoms with E-state index in [-0.39, 0.29) is 11.1 Å². The summed E-state index contributed by atoms with van der Waals surface area (Å²) in [7, 11) is -5.90. The standard InChI is InChI=1S/C17H19F5O4S/c1-10-9-16(18,19)15(24)8-13(27(25,26)17(20,21)22)5-6-14(10)11-3-2-4-12(23)7-11/h5-7,12,15,23-24H,1-4,8-9H2/b13-5+,14-6+/t12?,15-/m0/s1. The zero-order chi connectivity index (χ0) is 20.6. The summed E-state index contributed by atoms with van der Waals surface area (Å²) >= 11 is 0. The Bertz CT molecular complexity index is 806. The lowest BCUT2D eigenvalue weighted by Crippen LogP contribution is -2.36. The van der Waals surface area contributed by atoms with Crippen molar-refractivity contribution < 1.29 is 40.6 Å². The van der Waals surface area contributed by atoms with Crippen LogP contribution in [-0.2, 0) is 9.84 Å². The van der Waals surface area contributed by atoms with Crippen molar-refractivity contribution in [2.24, 2.45) is 0 Å². The molecule has 2 rings (SSSR count). The lowest BCUT2D eigenvalue weighted by Gasteiger charge is -2.25. The van der Waals surface area contributed by atoms with Crippen LogP contribution in [0.4, 0.5) is 22.0 Å². The first-order chi connectivity index (χ1) is 12.3. The van der Waals surface area contributed by atoms with Gasteiger partial charge in [0.25, 0.3) is 15.8 Å². The van der Waals surface area contributed by atoms with Crippen LogP contribution in [0.3, 0.4) is 0 Å². The van der Waals surface area contributed by atoms with Crippen molar-refractivity contribution >= 4 is 9.84 Å². The summed E-state index contributed by atoms with van der Waals surface area (Å²) in [4.78, 5) is -1.36. The number of hydrogen-bond acceptors (Lipinski definition) is 4. The average Bonchev–Trinajstić information content (AvgIpc) is 2.55. The van der Waals surface area contributed by atoms with Crippen molar-refractivity contribution in [1.29, 1.82) is 0 Å². The van der Waals surface area contributed by atoms with Gasteiger partial charge in [-0.05, 0) is 42.1 Å². The SMILES string of the molecule is C=C1CC(F)(F)[C@@H](O)C/C(S(=O)(=O)C(F)(F)F)=C\C=C/1C1=CC(O)CCC1. The maximum absolute atomic E-state index is 14.2. The van der Waals surface area contributed by atoms with Gasteiger partial charge in [0.05, 0.1) is 11.0 Å². The summed E-state index contributed by atoms with van der Waals surface area (Å²) in [6.07, 6.45) is -1.62. The van der Waals surface area contributed by atoms with Crippen LogP contribution in [0.2, 0.25) is 0 Å². The molecular weight excluding hydrogens is 395 g/mol. The molecule has 27 heavy (non-hydrogen) atoms. The van der Waals surface area contributed by atoms with Gasteiger partial charge in [-0.25, -0.2) is 17.2 Å². The van der Waals surface area contributed by atoms with Crippen LogP contribution in [0.1, 0.15) is 32.1 Å². The van der Waals surface area contributed by atoms with Crippen LogP contribution < -0.4 is 0 Å². The van der Waals surface area contributed by atoms with E-state index >= 15 is 0 Å². The molecule has 0 amide bonds. The third kappa shape index (κ3) is 4.67. The van der Waals surface area contributed by atoms with Crippen molar-refractivity contribution in [3.63, 3.8) is 0 Å². The second-order valence-electron chi connectivity index (χ2n) is 6.58. The molecule has 0 aromatic carbocycles. The Morgan fingerprint density at radius 1 is 1.19 bits per heavy atom. The molecule has 2 aliphatic rings. The second-order valence-corrected chi connectivity index (χ2v) is 8.57. The summed E-state index contributed by atoms with van der Waals surface area (Å²) in [5.41, 5.74) is -5.42. The molecule has 0 saturated heterocycles. The summed E-state index contributed by atoms with van der Waals surface area (Å²) in [6, 6.07) is 0. The number of halogens is 5. The van der Waals surface area contributed by atoms with Crippen LogP contribution in [0.5, 0.6) is 0 Å². The van der Waals surface area contributed by atoms with Gasteiger partial charge in [-0.2, -0.15) is 13.2 Å². The lowest BCUT2D eigenvalue weighted by molar-refractivity contribution is -0.105. The molecule has 10 heteroatoms. The maximum Gasteiger partial charge on any atom is 0.501 e. The quantitative estimate of drug-likeness (QED) is 0.678. The van der Waals surface area contributed by atoms with E-state index < -0.39 is 51.2 Å². The number of aliphatic hydroxyl groups is 2. The van der Waals surface area contributed by atoms with E-state index in [1.165, 1.54) is 6.08 Å². The molecule has 2 atom stereocenters. The second kappa shape index (κ2) is 7.48. The normalized spacial score (nSPS) is 31.5. The van der Waals surface area contributed by atoms with Gasteiger partial charge in [-0.1, -0.05) is 18.7 Å². The molecule has 0 aliphatic heterocycles. The number of sulfone groups is 1. The van der Waals surface area contributed by atoms with E-state index in [9.17, 15) is 40.6 Å². The number of allylic oxidation sites excluding steroid dienone is 5. The fourth-order valence-electron chi connectivity index (χ4n) is 3.01. The number of hydrogen-bond donors (Lipinski definition) is 2. The van der Waals surface area contributed by atoms with Gasteiger partial charge in [0.1, 0.15) is 6.10 Å². The van der Waals surface area contributed by atoms with Gasteiger partial charge >= 0.3 is 5.51 Å². The Kier molecular flexibility index (Phi) is 6.03. The molecule has 2 aliphatic carbocycles. The van der Waals surface area contributed by atoms with Gasteiger partial charge in [0, 0.05) is 12.8 Å². The average molecular weight is 414 g/mol. The zero-order valence-corrected chi connectivity index (χ0v) is 15.0. The number of aliphatic hydroxyl groups excluding tert-OH is 2. The minimum absolute atomic E-state index is 0.0393. The number of rotatable bonds is 2. The third-order valence-electron chi connectivity index (χ3n) is 4.48. The van der Waals surface area contributed by atoms with E-state index in [0.29, 0.717) is 30.9 Å². The van der Waals surface area contributed by atoms with E-state index in [1.807, 2.05) is 0 Å². The van der Waals surface area contributed by atoms with Crippen molar-refractivity contribution in [3.8, 4) is 0 Å². The Morgan fingerprint density at radius 2 is 1.81 bits per heavy atom. The molecular formula is C17H19F5O4S. The zero-order valence-electron chi connectivity index (χ0n) is 14.1. The highest BCUT2D eigenvalue weighted by Gasteiger charge is 2.50. The van der Waals surface area contributed by atoms with E-state index in [0.717, 1.165) is 6.08 Å². The summed E-state index contributed by atoms with van der Waals surface area (Å²) in [6.45, 7) is 3.52. The summed E-state index contributed by atoms with van der Waals surface area (Å²) in [5, 5.41) is 19.4. The largest absolute Gasteiger partial charge is 0.501 e. The lowest BCUT2D eigenvalue weighted by atomic mass is 9.86. The summed E-state index contributed by atoms with van der Waals surface area (Å²) in [5.74, 6) is -3.88. The fraction of sp³-hybridized carbons (Fsp3) is 0.529. The van der Waals surface area contributed by atoms with Gasteiger partial charge in [0.2, 0.25) is 0 Å². The van der Waals surface area contributed by atoms with Crippen molar-refractivity contribution in [2.75, 3.05) is 0 Å². The topological polar surface area (TPSA) is 74.6 Å². The third-order valence-corrected chi connectivity index (χ3v) is 6.09. The Balaban J connectivity index is 2.62. The minimum atomic E-state index is -5.90. The van der Waals surface area contributed by atoms with Crippen LogP contribution >= 0.6 is 0 Å². The summed E-state index contributed by atoms with van der Waals surface area (Å²) < 4.78 is 90.5. The number of alkyl halides is 5. The molecule has 4 nitrogen and oxygen atoms in total. The molecule has 0 heterocycles. The highest BCUT2D eigenvalue weighted by Crippen LogP contribution is 2.40. The first-order valence-electron chi connectivity index (χ1n) is 8.11. The van der Waals surface area contributed by atoms with Gasteiger partial charge in [-0.3, -0.25) is 0 Å². The van der Waals surface area contributed by atoms with Crippen LogP contribution in [0.25, 0.3) is 0 Å². The molecule has 1 unspecified atom stereocenters. The van der Waals surface area contributed by atoms with Crippen molar-refractivity contribution in [1.82, 2.24) is 0 Å². The smallest absolute Gasteiger partial charge is 0.389 e. The molecule has 2 N–H and O–H groups in total. The minimum Gasteiger partial charge on any atom is -0.389 e. The fourth-order valence-corrected chi connectivity index (χ4v) is 3.93. The molecule has 0 radical (unpaired) electrons. The Labute approximate surface area is 153 Å². The Morgan fingerprint density at radius 3 is 2.37 bits per heavy atom. The molecule has 0 spiro atoms. The molecule has 0 bridgehead atoms. The van der Waals surface area contributed by atoms with Crippen molar-refractivity contribution in [2.45, 2.75) is 55.7 Å². The molecule has 0 aromatic rings. The molecule has 0 saturated carbocycles. The van der Waals surface area contributed by atoms with Gasteiger partial charge in [-0.15, -0.1) is 0 Å². The molecule has 152 valence electrons. The highest BCUT2D eigenvalue weighted by atomic mass is 32.2. The van der Waals surface area contributed by atoms with Gasteiger partial charge < -0.3 is 10.2 Å². The van der Waals surface area contributed by atoms with Crippen molar-refractivity contribution in [3.05, 3.63) is 46.4 Å². The first kappa shape index (κ1) is 21.8. The first-order valence-corrected chi connectivity index (χ1v) is 9.59. The van der Waals surface area contributed by atoms with Crippen LogP contribution in [-0.4, -0.2) is 42.3 Å². The van der Waals surface area contributed by atoms with Crippen LogP contribution in [0, 0.1) is 0 Å².